The Bertz CT molecular complexity index is 801. The average molecular weight is 343 g/mol. The van der Waals surface area contributed by atoms with Gasteiger partial charge >= 0.3 is 0 Å². The van der Waals surface area contributed by atoms with Crippen LogP contribution >= 0.6 is 15.9 Å². The van der Waals surface area contributed by atoms with Gasteiger partial charge in [-0.05, 0) is 24.4 Å². The Morgan fingerprint density at radius 1 is 0.952 bits per heavy atom. The monoisotopic (exact) mass is 342 g/mol. The van der Waals surface area contributed by atoms with E-state index < -0.39 is 0 Å². The molecule has 0 amide bonds. The molecule has 0 aliphatic carbocycles. The molecule has 0 spiro atoms. The molecule has 0 bridgehead atoms. The van der Waals surface area contributed by atoms with Crippen LogP contribution in [0.2, 0.25) is 0 Å². The van der Waals surface area contributed by atoms with E-state index in [0.717, 1.165) is 32.7 Å². The number of benzene rings is 2. The molecule has 1 aromatic heterocycles. The number of hydrogen-bond acceptors (Lipinski definition) is 4. The maximum absolute atomic E-state index is 4.34. The first-order valence-electron chi connectivity index (χ1n) is 6.64. The zero-order chi connectivity index (χ0) is 14.8. The molecule has 0 saturated heterocycles. The van der Waals surface area contributed by atoms with Crippen LogP contribution in [0.15, 0.2) is 47.2 Å². The van der Waals surface area contributed by atoms with Crippen molar-refractivity contribution in [3.63, 3.8) is 0 Å². The zero-order valence-corrected chi connectivity index (χ0v) is 13.4. The van der Waals surface area contributed by atoms with Crippen LogP contribution < -0.4 is 10.6 Å². The van der Waals surface area contributed by atoms with E-state index in [1.165, 1.54) is 5.39 Å². The normalized spacial score (nSPS) is 10.6. The third-order valence-electron chi connectivity index (χ3n) is 3.44. The van der Waals surface area contributed by atoms with E-state index in [1.807, 2.05) is 38.2 Å². The third-order valence-corrected chi connectivity index (χ3v) is 4.14. The summed E-state index contributed by atoms with van der Waals surface area (Å²) in [6.07, 6.45) is 1.56. The van der Waals surface area contributed by atoms with Crippen molar-refractivity contribution in [2.75, 3.05) is 17.7 Å². The molecule has 2 N–H and O–H groups in total. The number of nitrogens with one attached hydrogen (secondary N) is 2. The van der Waals surface area contributed by atoms with Gasteiger partial charge in [0.25, 0.3) is 0 Å². The summed E-state index contributed by atoms with van der Waals surface area (Å²) in [6.45, 7) is 2.00. The lowest BCUT2D eigenvalue weighted by Gasteiger charge is -2.13. The van der Waals surface area contributed by atoms with Crippen LogP contribution in [0.25, 0.3) is 10.8 Å². The molecule has 0 atom stereocenters. The van der Waals surface area contributed by atoms with Gasteiger partial charge in [0, 0.05) is 28.2 Å². The van der Waals surface area contributed by atoms with Gasteiger partial charge < -0.3 is 10.6 Å². The lowest BCUT2D eigenvalue weighted by atomic mass is 10.1. The fourth-order valence-electron chi connectivity index (χ4n) is 2.33. The summed E-state index contributed by atoms with van der Waals surface area (Å²) in [4.78, 5) is 8.54. The largest absolute Gasteiger partial charge is 0.373 e. The highest BCUT2D eigenvalue weighted by Crippen LogP contribution is 2.32. The van der Waals surface area contributed by atoms with Gasteiger partial charge in [-0.25, -0.2) is 9.97 Å². The van der Waals surface area contributed by atoms with Crippen molar-refractivity contribution < 1.29 is 0 Å². The van der Waals surface area contributed by atoms with Gasteiger partial charge in [0.2, 0.25) is 0 Å². The van der Waals surface area contributed by atoms with E-state index >= 15 is 0 Å². The Morgan fingerprint density at radius 3 is 2.43 bits per heavy atom. The molecule has 2 aromatic carbocycles. The molecular formula is C16H15BrN4. The molecule has 0 radical (unpaired) electrons. The van der Waals surface area contributed by atoms with E-state index in [4.69, 9.17) is 0 Å². The number of fused-ring (bicyclic) bond motifs is 1. The molecule has 21 heavy (non-hydrogen) atoms. The Morgan fingerprint density at radius 2 is 1.67 bits per heavy atom. The Hall–Kier alpha value is -2.14. The predicted octanol–water partition coefficient (Wildman–Crippen LogP) is 4.49. The Balaban J connectivity index is 2.09. The highest BCUT2D eigenvalue weighted by atomic mass is 79.9. The molecule has 106 valence electrons. The second-order valence-corrected chi connectivity index (χ2v) is 5.57. The minimum atomic E-state index is 0.807. The number of hydrogen-bond donors (Lipinski definition) is 2. The van der Waals surface area contributed by atoms with Crippen LogP contribution in [0, 0.1) is 6.92 Å². The summed E-state index contributed by atoms with van der Waals surface area (Å²) in [5, 5.41) is 8.79. The molecular weight excluding hydrogens is 328 g/mol. The molecule has 1 heterocycles. The lowest BCUT2D eigenvalue weighted by molar-refractivity contribution is 1.12. The standard InChI is InChI=1S/C16H15BrN4/c1-10-15(18-2)19-9-20-16(10)21-14-8-7-13(17)11-5-3-4-6-12(11)14/h3-9H,1-2H3,(H2,18,19,20,21). The van der Waals surface area contributed by atoms with Crippen molar-refractivity contribution in [3.8, 4) is 0 Å². The third kappa shape index (κ3) is 2.56. The van der Waals surface area contributed by atoms with Crippen molar-refractivity contribution in [3.05, 3.63) is 52.8 Å². The minimum Gasteiger partial charge on any atom is -0.373 e. The van der Waals surface area contributed by atoms with E-state index in [1.54, 1.807) is 6.33 Å². The Labute approximate surface area is 131 Å². The fraction of sp³-hybridized carbons (Fsp3) is 0.125. The maximum Gasteiger partial charge on any atom is 0.138 e. The fourth-order valence-corrected chi connectivity index (χ4v) is 2.80. The zero-order valence-electron chi connectivity index (χ0n) is 11.8. The van der Waals surface area contributed by atoms with Crippen molar-refractivity contribution >= 4 is 44.0 Å². The number of aromatic nitrogens is 2. The first-order chi connectivity index (χ1) is 10.2. The van der Waals surface area contributed by atoms with Gasteiger partial charge in [-0.1, -0.05) is 40.2 Å². The quantitative estimate of drug-likeness (QED) is 0.736. The molecule has 5 heteroatoms. The van der Waals surface area contributed by atoms with E-state index in [9.17, 15) is 0 Å². The number of anilines is 3. The maximum atomic E-state index is 4.34. The van der Waals surface area contributed by atoms with Crippen LogP contribution in [-0.4, -0.2) is 17.0 Å². The molecule has 0 unspecified atom stereocenters. The first kappa shape index (κ1) is 13.8. The Kier molecular flexibility index (Phi) is 3.75. The van der Waals surface area contributed by atoms with E-state index in [0.29, 0.717) is 0 Å². The van der Waals surface area contributed by atoms with Crippen molar-refractivity contribution in [2.45, 2.75) is 6.92 Å². The van der Waals surface area contributed by atoms with Crippen LogP contribution in [0.4, 0.5) is 17.3 Å². The molecule has 0 fully saturated rings. The van der Waals surface area contributed by atoms with Crippen LogP contribution in [0.3, 0.4) is 0 Å². The number of nitrogens with zero attached hydrogens (tertiary/aromatic N) is 2. The smallest absolute Gasteiger partial charge is 0.138 e. The molecule has 0 saturated carbocycles. The average Bonchev–Trinajstić information content (AvgIpc) is 2.52. The summed E-state index contributed by atoms with van der Waals surface area (Å²) in [6, 6.07) is 12.3. The van der Waals surface area contributed by atoms with Gasteiger partial charge in [0.05, 0.1) is 0 Å². The first-order valence-corrected chi connectivity index (χ1v) is 7.43. The van der Waals surface area contributed by atoms with Gasteiger partial charge in [-0.3, -0.25) is 0 Å². The van der Waals surface area contributed by atoms with Gasteiger partial charge in [-0.15, -0.1) is 0 Å². The number of halogens is 1. The molecule has 0 aliphatic heterocycles. The summed E-state index contributed by atoms with van der Waals surface area (Å²) in [5.41, 5.74) is 2.02. The van der Waals surface area contributed by atoms with E-state index in [2.05, 4.69) is 48.7 Å². The van der Waals surface area contributed by atoms with Crippen LogP contribution in [0.1, 0.15) is 5.56 Å². The van der Waals surface area contributed by atoms with Crippen LogP contribution in [-0.2, 0) is 0 Å². The second-order valence-electron chi connectivity index (χ2n) is 4.71. The summed E-state index contributed by atoms with van der Waals surface area (Å²) in [5.74, 6) is 1.63. The molecule has 3 aromatic rings. The highest BCUT2D eigenvalue weighted by Gasteiger charge is 2.09. The summed E-state index contributed by atoms with van der Waals surface area (Å²) in [7, 11) is 1.86. The lowest BCUT2D eigenvalue weighted by Crippen LogP contribution is -2.02. The van der Waals surface area contributed by atoms with Crippen molar-refractivity contribution in [1.29, 1.82) is 0 Å². The number of rotatable bonds is 3. The van der Waals surface area contributed by atoms with Gasteiger partial charge in [0.1, 0.15) is 18.0 Å². The van der Waals surface area contributed by atoms with Crippen molar-refractivity contribution in [2.24, 2.45) is 0 Å². The molecule has 0 aliphatic rings. The topological polar surface area (TPSA) is 49.8 Å². The van der Waals surface area contributed by atoms with E-state index in [-0.39, 0.29) is 0 Å². The predicted molar refractivity (Wildman–Crippen MR) is 91.2 cm³/mol. The SMILES string of the molecule is CNc1ncnc(Nc2ccc(Br)c3ccccc23)c1C. The molecule has 3 rings (SSSR count). The van der Waals surface area contributed by atoms with Gasteiger partial charge in [0.15, 0.2) is 0 Å². The van der Waals surface area contributed by atoms with Crippen molar-refractivity contribution in [1.82, 2.24) is 9.97 Å². The van der Waals surface area contributed by atoms with Crippen LogP contribution in [0.5, 0.6) is 0 Å². The minimum absolute atomic E-state index is 0.807. The highest BCUT2D eigenvalue weighted by molar-refractivity contribution is 9.10. The van der Waals surface area contributed by atoms with Gasteiger partial charge in [-0.2, -0.15) is 0 Å². The summed E-state index contributed by atoms with van der Waals surface area (Å²) >= 11 is 3.59. The summed E-state index contributed by atoms with van der Waals surface area (Å²) < 4.78 is 1.08. The second kappa shape index (κ2) is 5.69. The molecule has 4 nitrogen and oxygen atoms in total.